The molecule has 2 aromatic heterocycles. The van der Waals surface area contributed by atoms with E-state index in [0.29, 0.717) is 22.1 Å². The molecule has 0 fully saturated rings. The number of carbonyl (C=O) groups excluding carboxylic acids is 3. The van der Waals surface area contributed by atoms with Gasteiger partial charge in [0, 0.05) is 4.47 Å². The second-order valence-corrected chi connectivity index (χ2v) is 9.86. The molecule has 0 atom stereocenters. The molecule has 0 saturated carbocycles. The molecule has 1 aromatic carbocycles. The van der Waals surface area contributed by atoms with Crippen LogP contribution in [0, 0.1) is 6.92 Å². The summed E-state index contributed by atoms with van der Waals surface area (Å²) >= 11 is 10.4. The van der Waals surface area contributed by atoms with Crippen molar-refractivity contribution in [3.8, 4) is 5.75 Å². The summed E-state index contributed by atoms with van der Waals surface area (Å²) in [5.41, 5.74) is 0.467. The molecule has 186 valence electrons. The zero-order valence-corrected chi connectivity index (χ0v) is 22.6. The van der Waals surface area contributed by atoms with Crippen LogP contribution in [0.15, 0.2) is 39.2 Å². The summed E-state index contributed by atoms with van der Waals surface area (Å²) in [6.07, 6.45) is -0.386. The van der Waals surface area contributed by atoms with Crippen LogP contribution in [0.2, 0.25) is 5.02 Å². The fourth-order valence-corrected chi connectivity index (χ4v) is 4.81. The molecule has 35 heavy (non-hydrogen) atoms. The molecule has 0 bridgehead atoms. The Kier molecular flexibility index (Phi) is 8.98. The van der Waals surface area contributed by atoms with Crippen LogP contribution in [0.4, 0.5) is 5.00 Å². The number of thiophene rings is 1. The largest absolute Gasteiger partial charge is 0.484 e. The molecule has 11 heteroatoms. The first-order chi connectivity index (χ1) is 16.6. The zero-order chi connectivity index (χ0) is 25.7. The molecule has 0 aliphatic carbocycles. The number of amides is 1. The summed E-state index contributed by atoms with van der Waals surface area (Å²) in [6, 6.07) is 8.28. The predicted octanol–water partition coefficient (Wildman–Crippen LogP) is 6.64. The number of halogens is 2. The Hall–Kier alpha value is -2.82. The number of anilines is 1. The minimum atomic E-state index is -0.653. The Morgan fingerprint density at radius 3 is 2.57 bits per heavy atom. The first-order valence-electron chi connectivity index (χ1n) is 10.6. The highest BCUT2D eigenvalue weighted by molar-refractivity contribution is 9.10. The topological polar surface area (TPSA) is 104 Å². The van der Waals surface area contributed by atoms with Gasteiger partial charge in [0.2, 0.25) is 0 Å². The molecule has 1 amide bonds. The third-order valence-electron chi connectivity index (χ3n) is 4.53. The lowest BCUT2D eigenvalue weighted by Gasteiger charge is -2.10. The van der Waals surface area contributed by atoms with E-state index in [0.717, 1.165) is 15.8 Å². The van der Waals surface area contributed by atoms with E-state index in [1.807, 2.05) is 0 Å². The average molecular weight is 585 g/mol. The van der Waals surface area contributed by atoms with E-state index in [1.54, 1.807) is 52.0 Å². The molecule has 1 N–H and O–H groups in total. The van der Waals surface area contributed by atoms with Crippen molar-refractivity contribution in [2.45, 2.75) is 40.4 Å². The van der Waals surface area contributed by atoms with Crippen LogP contribution in [0.25, 0.3) is 0 Å². The highest BCUT2D eigenvalue weighted by Crippen LogP contribution is 2.35. The molecule has 3 rings (SSSR count). The van der Waals surface area contributed by atoms with Gasteiger partial charge in [-0.25, -0.2) is 9.59 Å². The van der Waals surface area contributed by atoms with Gasteiger partial charge in [0.1, 0.15) is 28.0 Å². The third kappa shape index (κ3) is 6.65. The SMILES string of the molecule is CCOC(=O)c1sc(NC(=O)c2ccc(COc3ccc(Br)cc3Cl)o2)c(C(=O)OC(C)C)c1C. The van der Waals surface area contributed by atoms with Gasteiger partial charge in [0.25, 0.3) is 5.91 Å². The molecule has 2 heterocycles. The predicted molar refractivity (Wildman–Crippen MR) is 136 cm³/mol. The van der Waals surface area contributed by atoms with E-state index in [1.165, 1.54) is 6.07 Å². The van der Waals surface area contributed by atoms with E-state index < -0.39 is 17.8 Å². The van der Waals surface area contributed by atoms with Crippen LogP contribution >= 0.6 is 38.9 Å². The summed E-state index contributed by atoms with van der Waals surface area (Å²) in [6.45, 7) is 6.92. The third-order valence-corrected chi connectivity index (χ3v) is 6.51. The molecule has 0 spiro atoms. The first-order valence-corrected chi connectivity index (χ1v) is 12.6. The lowest BCUT2D eigenvalue weighted by molar-refractivity contribution is 0.0379. The highest BCUT2D eigenvalue weighted by atomic mass is 79.9. The smallest absolute Gasteiger partial charge is 0.348 e. The second-order valence-electron chi connectivity index (χ2n) is 7.52. The van der Waals surface area contributed by atoms with Crippen molar-refractivity contribution in [1.29, 1.82) is 0 Å². The molecule has 0 aliphatic heterocycles. The summed E-state index contributed by atoms with van der Waals surface area (Å²) in [5.74, 6) is -0.988. The van der Waals surface area contributed by atoms with Crippen molar-refractivity contribution in [2.75, 3.05) is 11.9 Å². The number of ether oxygens (including phenoxy) is 3. The second kappa shape index (κ2) is 11.7. The van der Waals surface area contributed by atoms with Crippen LogP contribution in [-0.4, -0.2) is 30.6 Å². The molecule has 0 saturated heterocycles. The van der Waals surface area contributed by atoms with Gasteiger partial charge in [-0.1, -0.05) is 27.5 Å². The maximum Gasteiger partial charge on any atom is 0.348 e. The molecule has 0 aliphatic rings. The normalized spacial score (nSPS) is 10.8. The van der Waals surface area contributed by atoms with Gasteiger partial charge in [-0.05, 0) is 63.6 Å². The van der Waals surface area contributed by atoms with Crippen LogP contribution in [0.1, 0.15) is 62.7 Å². The maximum atomic E-state index is 12.9. The molecular weight excluding hydrogens is 562 g/mol. The van der Waals surface area contributed by atoms with E-state index in [9.17, 15) is 14.4 Å². The number of esters is 2. The van der Waals surface area contributed by atoms with Gasteiger partial charge < -0.3 is 23.9 Å². The van der Waals surface area contributed by atoms with Gasteiger partial charge >= 0.3 is 11.9 Å². The zero-order valence-electron chi connectivity index (χ0n) is 19.4. The number of benzene rings is 1. The average Bonchev–Trinajstić information content (AvgIpc) is 3.37. The van der Waals surface area contributed by atoms with Crippen LogP contribution in [0.5, 0.6) is 5.75 Å². The molecule has 0 radical (unpaired) electrons. The molecule has 0 unspecified atom stereocenters. The maximum absolute atomic E-state index is 12.9. The number of carbonyl (C=O) groups is 3. The number of hydrogen-bond acceptors (Lipinski definition) is 8. The summed E-state index contributed by atoms with van der Waals surface area (Å²) in [4.78, 5) is 38.1. The van der Waals surface area contributed by atoms with Crippen molar-refractivity contribution >= 4 is 61.7 Å². The number of nitrogens with one attached hydrogen (secondary N) is 1. The van der Waals surface area contributed by atoms with Crippen LogP contribution in [-0.2, 0) is 16.1 Å². The first kappa shape index (κ1) is 26.8. The van der Waals surface area contributed by atoms with Crippen molar-refractivity contribution < 1.29 is 33.0 Å². The lowest BCUT2D eigenvalue weighted by Crippen LogP contribution is -2.16. The standard InChI is InChI=1S/C24H23BrClNO7S/c1-5-31-24(30)20-13(4)19(23(29)33-12(2)3)22(35-20)27-21(28)18-9-7-15(34-18)11-32-17-8-6-14(25)10-16(17)26/h6-10,12H,5,11H2,1-4H3,(H,27,28). The number of hydrogen-bond donors (Lipinski definition) is 1. The van der Waals surface area contributed by atoms with Crippen molar-refractivity contribution in [3.05, 3.63) is 67.4 Å². The highest BCUT2D eigenvalue weighted by Gasteiger charge is 2.28. The lowest BCUT2D eigenvalue weighted by atomic mass is 10.1. The summed E-state index contributed by atoms with van der Waals surface area (Å²) in [7, 11) is 0. The van der Waals surface area contributed by atoms with E-state index in [-0.39, 0.29) is 40.5 Å². The van der Waals surface area contributed by atoms with E-state index in [4.69, 9.17) is 30.2 Å². The van der Waals surface area contributed by atoms with Crippen molar-refractivity contribution in [3.63, 3.8) is 0 Å². The van der Waals surface area contributed by atoms with Gasteiger partial charge in [-0.15, -0.1) is 11.3 Å². The van der Waals surface area contributed by atoms with Gasteiger partial charge in [0.15, 0.2) is 5.76 Å². The molecule has 3 aromatic rings. The Morgan fingerprint density at radius 2 is 1.91 bits per heavy atom. The summed E-state index contributed by atoms with van der Waals surface area (Å²) < 4.78 is 22.4. The Bertz CT molecular complexity index is 1250. The van der Waals surface area contributed by atoms with Crippen molar-refractivity contribution in [2.24, 2.45) is 0 Å². The number of furan rings is 1. The number of rotatable bonds is 9. The Morgan fingerprint density at radius 1 is 1.17 bits per heavy atom. The van der Waals surface area contributed by atoms with Crippen LogP contribution < -0.4 is 10.1 Å². The Balaban J connectivity index is 1.78. The summed E-state index contributed by atoms with van der Waals surface area (Å²) in [5, 5.41) is 3.24. The quantitative estimate of drug-likeness (QED) is 0.281. The Labute approximate surface area is 219 Å². The fourth-order valence-electron chi connectivity index (χ4n) is 3.00. The van der Waals surface area contributed by atoms with Gasteiger partial charge in [-0.3, -0.25) is 4.79 Å². The van der Waals surface area contributed by atoms with Gasteiger partial charge in [0.05, 0.1) is 23.3 Å². The molecular formula is C24H23BrClNO7S. The minimum absolute atomic E-state index is 0.00239. The van der Waals surface area contributed by atoms with Crippen molar-refractivity contribution in [1.82, 2.24) is 0 Å². The van der Waals surface area contributed by atoms with E-state index >= 15 is 0 Å². The minimum Gasteiger partial charge on any atom is -0.484 e. The molecule has 8 nitrogen and oxygen atoms in total. The van der Waals surface area contributed by atoms with Crippen LogP contribution in [0.3, 0.4) is 0 Å². The fraction of sp³-hybridized carbons (Fsp3) is 0.292. The van der Waals surface area contributed by atoms with Gasteiger partial charge in [-0.2, -0.15) is 0 Å². The monoisotopic (exact) mass is 583 g/mol. The van der Waals surface area contributed by atoms with E-state index in [2.05, 4.69) is 21.2 Å².